The maximum atomic E-state index is 13.7. The van der Waals surface area contributed by atoms with Gasteiger partial charge in [-0.25, -0.2) is 15.0 Å². The molecule has 0 atom stereocenters. The maximum Gasteiger partial charge on any atom is 0.270 e. The molecule has 4 aromatic heterocycles. The first kappa shape index (κ1) is 20.1. The van der Waals surface area contributed by atoms with E-state index in [9.17, 15) is 4.79 Å². The zero-order valence-electron chi connectivity index (χ0n) is 17.5. The topological polar surface area (TPSA) is 72.1 Å². The summed E-state index contributed by atoms with van der Waals surface area (Å²) in [5.74, 6) is 1.09. The van der Waals surface area contributed by atoms with E-state index in [1.54, 1.807) is 28.6 Å². The Morgan fingerprint density at radius 2 is 2.06 bits per heavy atom. The third kappa shape index (κ3) is 3.49. The van der Waals surface area contributed by atoms with Gasteiger partial charge in [-0.3, -0.25) is 9.69 Å². The second kappa shape index (κ2) is 8.01. The number of thiazole rings is 1. The molecule has 6 nitrogen and oxygen atoms in total. The molecule has 1 aliphatic rings. The fourth-order valence-corrected chi connectivity index (χ4v) is 6.35. The minimum Gasteiger partial charge on any atom is -0.461 e. The van der Waals surface area contributed by atoms with Gasteiger partial charge in [-0.2, -0.15) is 0 Å². The number of fused-ring (bicyclic) bond motifs is 2. The van der Waals surface area contributed by atoms with E-state index in [1.807, 2.05) is 26.0 Å². The maximum absolute atomic E-state index is 13.7. The Morgan fingerprint density at radius 3 is 2.81 bits per heavy atom. The first-order valence-corrected chi connectivity index (χ1v) is 11.9. The molecule has 158 valence electrons. The SMILES string of the molecule is C=CCN(C(=O)c1sc2nc(-c3ccco3)nc(C)c2c1C)c1nc2c(s1)CCCC2. The Morgan fingerprint density at radius 1 is 1.23 bits per heavy atom. The van der Waals surface area contributed by atoms with Gasteiger partial charge in [0, 0.05) is 16.8 Å². The van der Waals surface area contributed by atoms with Crippen LogP contribution in [0.1, 0.15) is 44.3 Å². The number of anilines is 1. The Balaban J connectivity index is 1.57. The van der Waals surface area contributed by atoms with Crippen LogP contribution in [0.4, 0.5) is 5.13 Å². The number of thiophene rings is 1. The number of nitrogens with zero attached hydrogens (tertiary/aromatic N) is 4. The molecule has 0 radical (unpaired) electrons. The van der Waals surface area contributed by atoms with Crippen LogP contribution in [0, 0.1) is 13.8 Å². The Labute approximate surface area is 188 Å². The molecular weight excluding hydrogens is 428 g/mol. The highest BCUT2D eigenvalue weighted by Crippen LogP contribution is 2.36. The van der Waals surface area contributed by atoms with Crippen LogP contribution in [0.15, 0.2) is 35.5 Å². The third-order valence-electron chi connectivity index (χ3n) is 5.53. The number of hydrogen-bond donors (Lipinski definition) is 0. The van der Waals surface area contributed by atoms with Gasteiger partial charge in [0.25, 0.3) is 5.91 Å². The van der Waals surface area contributed by atoms with Crippen molar-refractivity contribution < 1.29 is 9.21 Å². The third-order valence-corrected chi connectivity index (χ3v) is 7.88. The van der Waals surface area contributed by atoms with Crippen LogP contribution >= 0.6 is 22.7 Å². The van der Waals surface area contributed by atoms with Crippen LogP contribution in [0.3, 0.4) is 0 Å². The van der Waals surface area contributed by atoms with Crippen molar-refractivity contribution in [2.75, 3.05) is 11.4 Å². The van der Waals surface area contributed by atoms with Gasteiger partial charge in [0.15, 0.2) is 16.7 Å². The monoisotopic (exact) mass is 450 g/mol. The van der Waals surface area contributed by atoms with Crippen LogP contribution in [-0.4, -0.2) is 27.4 Å². The van der Waals surface area contributed by atoms with E-state index in [2.05, 4.69) is 16.5 Å². The van der Waals surface area contributed by atoms with Crippen LogP contribution < -0.4 is 4.90 Å². The standard InChI is InChI=1S/C23H22N4O2S2/c1-4-11-27(23-25-15-8-5-6-10-17(15)30-23)22(28)19-13(2)18-14(3)24-20(26-21(18)31-19)16-9-7-12-29-16/h4,7,9,12H,1,5-6,8,10-11H2,2-3H3. The van der Waals surface area contributed by atoms with Gasteiger partial charge in [-0.1, -0.05) is 6.08 Å². The van der Waals surface area contributed by atoms with Crippen LogP contribution in [0.5, 0.6) is 0 Å². The average molecular weight is 451 g/mol. The van der Waals surface area contributed by atoms with Crippen molar-refractivity contribution in [3.8, 4) is 11.6 Å². The molecule has 0 spiro atoms. The van der Waals surface area contributed by atoms with Crippen molar-refractivity contribution in [2.45, 2.75) is 39.5 Å². The fourth-order valence-electron chi connectivity index (χ4n) is 4.01. The zero-order chi connectivity index (χ0) is 21.5. The van der Waals surface area contributed by atoms with E-state index in [-0.39, 0.29) is 5.91 Å². The van der Waals surface area contributed by atoms with E-state index in [4.69, 9.17) is 9.40 Å². The molecule has 1 aliphatic carbocycles. The lowest BCUT2D eigenvalue weighted by Crippen LogP contribution is -2.30. The Bertz CT molecular complexity index is 1260. The minimum absolute atomic E-state index is 0.0644. The summed E-state index contributed by atoms with van der Waals surface area (Å²) >= 11 is 3.03. The van der Waals surface area contributed by atoms with Gasteiger partial charge in [-0.05, 0) is 57.2 Å². The second-order valence-electron chi connectivity index (χ2n) is 7.62. The normalized spacial score (nSPS) is 13.4. The summed E-state index contributed by atoms with van der Waals surface area (Å²) in [4.78, 5) is 32.3. The smallest absolute Gasteiger partial charge is 0.270 e. The molecule has 0 bridgehead atoms. The van der Waals surface area contributed by atoms with Gasteiger partial charge in [0.2, 0.25) is 0 Å². The zero-order valence-corrected chi connectivity index (χ0v) is 19.1. The minimum atomic E-state index is -0.0644. The highest BCUT2D eigenvalue weighted by Gasteiger charge is 2.27. The molecule has 0 fully saturated rings. The number of aromatic nitrogens is 3. The van der Waals surface area contributed by atoms with Gasteiger partial charge in [0.05, 0.1) is 22.5 Å². The summed E-state index contributed by atoms with van der Waals surface area (Å²) in [5.41, 5.74) is 2.89. The van der Waals surface area contributed by atoms with Crippen LogP contribution in [-0.2, 0) is 12.8 Å². The average Bonchev–Trinajstić information content (AvgIpc) is 3.50. The van der Waals surface area contributed by atoms with E-state index in [0.717, 1.165) is 51.6 Å². The quantitative estimate of drug-likeness (QED) is 0.363. The predicted octanol–water partition coefficient (Wildman–Crippen LogP) is 5.74. The molecule has 4 aromatic rings. The molecule has 31 heavy (non-hydrogen) atoms. The van der Waals surface area contributed by atoms with Gasteiger partial charge >= 0.3 is 0 Å². The second-order valence-corrected chi connectivity index (χ2v) is 9.69. The number of amides is 1. The predicted molar refractivity (Wildman–Crippen MR) is 125 cm³/mol. The van der Waals surface area contributed by atoms with E-state index in [0.29, 0.717) is 23.0 Å². The lowest BCUT2D eigenvalue weighted by Gasteiger charge is -2.17. The molecule has 5 rings (SSSR count). The van der Waals surface area contributed by atoms with Crippen LogP contribution in [0.25, 0.3) is 21.8 Å². The molecule has 0 aromatic carbocycles. The molecule has 8 heteroatoms. The molecular formula is C23H22N4O2S2. The fraction of sp³-hybridized carbons (Fsp3) is 0.304. The molecule has 0 N–H and O–H groups in total. The first-order valence-electron chi connectivity index (χ1n) is 10.3. The highest BCUT2D eigenvalue weighted by atomic mass is 32.1. The Kier molecular flexibility index (Phi) is 5.19. The number of rotatable bonds is 5. The van der Waals surface area contributed by atoms with Gasteiger partial charge < -0.3 is 4.42 Å². The summed E-state index contributed by atoms with van der Waals surface area (Å²) in [5, 5.41) is 1.69. The summed E-state index contributed by atoms with van der Waals surface area (Å²) < 4.78 is 5.46. The van der Waals surface area contributed by atoms with Crippen molar-refractivity contribution in [1.82, 2.24) is 15.0 Å². The lowest BCUT2D eigenvalue weighted by atomic mass is 10.0. The van der Waals surface area contributed by atoms with Crippen LogP contribution in [0.2, 0.25) is 0 Å². The number of hydrogen-bond acceptors (Lipinski definition) is 7. The number of carbonyl (C=O) groups is 1. The molecule has 0 unspecified atom stereocenters. The summed E-state index contributed by atoms with van der Waals surface area (Å²) in [6.45, 7) is 8.19. The van der Waals surface area contributed by atoms with Crippen molar-refractivity contribution in [2.24, 2.45) is 0 Å². The highest BCUT2D eigenvalue weighted by molar-refractivity contribution is 7.21. The van der Waals surface area contributed by atoms with Crippen molar-refractivity contribution in [3.63, 3.8) is 0 Å². The van der Waals surface area contributed by atoms with Crippen molar-refractivity contribution in [1.29, 1.82) is 0 Å². The molecule has 1 amide bonds. The molecule has 4 heterocycles. The van der Waals surface area contributed by atoms with E-state index in [1.165, 1.54) is 22.6 Å². The summed E-state index contributed by atoms with van der Waals surface area (Å²) in [7, 11) is 0. The summed E-state index contributed by atoms with van der Waals surface area (Å²) in [6, 6.07) is 3.65. The van der Waals surface area contributed by atoms with E-state index >= 15 is 0 Å². The number of aryl methyl sites for hydroxylation is 4. The Hall–Kier alpha value is -2.84. The van der Waals surface area contributed by atoms with E-state index < -0.39 is 0 Å². The summed E-state index contributed by atoms with van der Waals surface area (Å²) in [6.07, 6.45) is 7.75. The first-order chi connectivity index (χ1) is 15.1. The molecule has 0 saturated carbocycles. The number of furan rings is 1. The lowest BCUT2D eigenvalue weighted by molar-refractivity contribution is 0.0993. The molecule has 0 aliphatic heterocycles. The van der Waals surface area contributed by atoms with Gasteiger partial charge in [-0.15, -0.1) is 29.3 Å². The molecule has 0 saturated heterocycles. The van der Waals surface area contributed by atoms with Crippen molar-refractivity contribution in [3.05, 3.63) is 57.8 Å². The number of carbonyl (C=O) groups excluding carboxylic acids is 1. The van der Waals surface area contributed by atoms with Gasteiger partial charge in [0.1, 0.15) is 4.83 Å². The largest absolute Gasteiger partial charge is 0.461 e. The van der Waals surface area contributed by atoms with Crippen molar-refractivity contribution >= 4 is 43.9 Å².